The fraction of sp³-hybridized carbons (Fsp3) is 0.259. The van der Waals surface area contributed by atoms with Crippen LogP contribution in [0.4, 0.5) is 5.69 Å². The van der Waals surface area contributed by atoms with Crippen LogP contribution in [0.2, 0.25) is 5.02 Å². The SMILES string of the molecule is COc1cccc(NC(=O)C2CCC(c3cccc(C)c3)N(C(=O)c3ccc(Cl)cc3)C2)c1. The zero-order valence-electron chi connectivity index (χ0n) is 18.8. The van der Waals surface area contributed by atoms with Crippen LogP contribution >= 0.6 is 11.6 Å². The Morgan fingerprint density at radius 1 is 1.00 bits per heavy atom. The van der Waals surface area contributed by atoms with Gasteiger partial charge in [-0.15, -0.1) is 0 Å². The van der Waals surface area contributed by atoms with Gasteiger partial charge in [0.15, 0.2) is 0 Å². The second kappa shape index (κ2) is 10.1. The number of ether oxygens (including phenoxy) is 1. The first kappa shape index (κ1) is 22.9. The van der Waals surface area contributed by atoms with Crippen molar-refractivity contribution in [3.8, 4) is 5.75 Å². The first-order valence-corrected chi connectivity index (χ1v) is 11.4. The topological polar surface area (TPSA) is 58.6 Å². The molecule has 0 saturated carbocycles. The van der Waals surface area contributed by atoms with Crippen LogP contribution in [0.1, 0.15) is 40.4 Å². The maximum Gasteiger partial charge on any atom is 0.254 e. The van der Waals surface area contributed by atoms with Crippen molar-refractivity contribution in [2.75, 3.05) is 19.0 Å². The van der Waals surface area contributed by atoms with Crippen molar-refractivity contribution in [2.24, 2.45) is 5.92 Å². The Hall–Kier alpha value is -3.31. The third-order valence-electron chi connectivity index (χ3n) is 6.07. The van der Waals surface area contributed by atoms with Gasteiger partial charge in [-0.1, -0.05) is 47.5 Å². The van der Waals surface area contributed by atoms with Crippen molar-refractivity contribution < 1.29 is 14.3 Å². The molecule has 0 aromatic heterocycles. The second-order valence-electron chi connectivity index (χ2n) is 8.39. The summed E-state index contributed by atoms with van der Waals surface area (Å²) in [6.45, 7) is 2.39. The summed E-state index contributed by atoms with van der Waals surface area (Å²) in [6, 6.07) is 22.3. The number of likely N-dealkylation sites (tertiary alicyclic amines) is 1. The van der Waals surface area contributed by atoms with Gasteiger partial charge in [-0.05, 0) is 61.7 Å². The summed E-state index contributed by atoms with van der Waals surface area (Å²) in [5.41, 5.74) is 3.47. The molecule has 0 bridgehead atoms. The van der Waals surface area contributed by atoms with Gasteiger partial charge in [-0.3, -0.25) is 9.59 Å². The molecule has 1 heterocycles. The number of halogens is 1. The highest BCUT2D eigenvalue weighted by Crippen LogP contribution is 2.35. The summed E-state index contributed by atoms with van der Waals surface area (Å²) in [6.07, 6.45) is 1.40. The lowest BCUT2D eigenvalue weighted by Gasteiger charge is -2.39. The Kier molecular flexibility index (Phi) is 6.99. The molecule has 4 rings (SSSR count). The summed E-state index contributed by atoms with van der Waals surface area (Å²) in [7, 11) is 1.59. The first-order chi connectivity index (χ1) is 15.9. The van der Waals surface area contributed by atoms with E-state index in [1.165, 1.54) is 0 Å². The van der Waals surface area contributed by atoms with E-state index in [-0.39, 0.29) is 23.8 Å². The minimum atomic E-state index is -0.312. The molecule has 2 unspecified atom stereocenters. The van der Waals surface area contributed by atoms with Crippen LogP contribution in [-0.2, 0) is 4.79 Å². The Morgan fingerprint density at radius 2 is 1.76 bits per heavy atom. The van der Waals surface area contributed by atoms with E-state index in [1.807, 2.05) is 42.2 Å². The molecule has 1 N–H and O–H groups in total. The smallest absolute Gasteiger partial charge is 0.254 e. The predicted molar refractivity (Wildman–Crippen MR) is 131 cm³/mol. The second-order valence-corrected chi connectivity index (χ2v) is 8.83. The molecule has 2 amide bonds. The van der Waals surface area contributed by atoms with E-state index in [4.69, 9.17) is 16.3 Å². The molecule has 170 valence electrons. The first-order valence-electron chi connectivity index (χ1n) is 11.0. The van der Waals surface area contributed by atoms with Gasteiger partial charge in [-0.2, -0.15) is 0 Å². The van der Waals surface area contributed by atoms with E-state index in [1.54, 1.807) is 37.4 Å². The van der Waals surface area contributed by atoms with Gasteiger partial charge >= 0.3 is 0 Å². The number of carbonyl (C=O) groups is 2. The molecule has 1 aliphatic rings. The third-order valence-corrected chi connectivity index (χ3v) is 6.32. The number of rotatable bonds is 5. The Labute approximate surface area is 199 Å². The minimum Gasteiger partial charge on any atom is -0.497 e. The number of carbonyl (C=O) groups excluding carboxylic acids is 2. The molecule has 1 fully saturated rings. The maximum atomic E-state index is 13.5. The Balaban J connectivity index is 1.58. The van der Waals surface area contributed by atoms with Crippen LogP contribution in [0.3, 0.4) is 0 Å². The number of hydrogen-bond donors (Lipinski definition) is 1. The highest BCUT2D eigenvalue weighted by Gasteiger charge is 2.36. The standard InChI is InChI=1S/C27H27ClN2O3/c1-18-5-3-6-20(15-18)25-14-11-21(26(31)29-23-7-4-8-24(16-23)33-2)17-30(25)27(32)19-9-12-22(28)13-10-19/h3-10,12-13,15-16,21,25H,11,14,17H2,1-2H3,(H,29,31). The molecule has 1 saturated heterocycles. The number of anilines is 1. The maximum absolute atomic E-state index is 13.5. The van der Waals surface area contributed by atoms with Crippen molar-refractivity contribution in [3.05, 3.63) is 94.5 Å². The third kappa shape index (κ3) is 5.37. The molecule has 3 aromatic rings. The molecule has 0 radical (unpaired) electrons. The summed E-state index contributed by atoms with van der Waals surface area (Å²) in [5.74, 6) is 0.168. The number of amides is 2. The largest absolute Gasteiger partial charge is 0.497 e. The number of piperidine rings is 1. The van der Waals surface area contributed by atoms with Gasteiger partial charge in [-0.25, -0.2) is 0 Å². The van der Waals surface area contributed by atoms with E-state index in [0.717, 1.165) is 11.1 Å². The minimum absolute atomic E-state index is 0.0889. The van der Waals surface area contributed by atoms with Crippen LogP contribution in [0.5, 0.6) is 5.75 Å². The normalized spacial score (nSPS) is 18.0. The molecule has 0 aliphatic carbocycles. The number of nitrogens with one attached hydrogen (secondary N) is 1. The molecule has 1 aliphatic heterocycles. The lowest BCUT2D eigenvalue weighted by molar-refractivity contribution is -0.121. The summed E-state index contributed by atoms with van der Waals surface area (Å²) >= 11 is 6.02. The summed E-state index contributed by atoms with van der Waals surface area (Å²) in [5, 5.41) is 3.56. The summed E-state index contributed by atoms with van der Waals surface area (Å²) < 4.78 is 5.25. The zero-order valence-corrected chi connectivity index (χ0v) is 19.5. The van der Waals surface area contributed by atoms with Crippen LogP contribution in [0.25, 0.3) is 0 Å². The van der Waals surface area contributed by atoms with Gasteiger partial charge in [0.05, 0.1) is 19.1 Å². The van der Waals surface area contributed by atoms with E-state index in [2.05, 4.69) is 17.4 Å². The van der Waals surface area contributed by atoms with Crippen LogP contribution in [-0.4, -0.2) is 30.4 Å². The average Bonchev–Trinajstić information content (AvgIpc) is 2.84. The quantitative estimate of drug-likeness (QED) is 0.514. The molecular formula is C27H27ClN2O3. The molecule has 3 aromatic carbocycles. The van der Waals surface area contributed by atoms with E-state index in [0.29, 0.717) is 41.4 Å². The Bertz CT molecular complexity index is 1150. The highest BCUT2D eigenvalue weighted by molar-refractivity contribution is 6.30. The molecule has 6 heteroatoms. The lowest BCUT2D eigenvalue weighted by Crippen LogP contribution is -2.45. The number of methoxy groups -OCH3 is 1. The monoisotopic (exact) mass is 462 g/mol. The fourth-order valence-electron chi connectivity index (χ4n) is 4.34. The van der Waals surface area contributed by atoms with E-state index in [9.17, 15) is 9.59 Å². The van der Waals surface area contributed by atoms with Crippen LogP contribution < -0.4 is 10.1 Å². The predicted octanol–water partition coefficient (Wildman–Crippen LogP) is 5.89. The zero-order chi connectivity index (χ0) is 23.4. The number of benzene rings is 3. The van der Waals surface area contributed by atoms with Crippen molar-refractivity contribution in [3.63, 3.8) is 0 Å². The molecule has 33 heavy (non-hydrogen) atoms. The van der Waals surface area contributed by atoms with Crippen molar-refractivity contribution in [2.45, 2.75) is 25.8 Å². The number of hydrogen-bond acceptors (Lipinski definition) is 3. The van der Waals surface area contributed by atoms with Gasteiger partial charge in [0, 0.05) is 28.9 Å². The lowest BCUT2D eigenvalue weighted by atomic mass is 9.87. The average molecular weight is 463 g/mol. The van der Waals surface area contributed by atoms with Crippen LogP contribution in [0.15, 0.2) is 72.8 Å². The molecular weight excluding hydrogens is 436 g/mol. The van der Waals surface area contributed by atoms with Crippen molar-refractivity contribution in [1.82, 2.24) is 4.90 Å². The van der Waals surface area contributed by atoms with Crippen molar-refractivity contribution >= 4 is 29.1 Å². The number of nitrogens with zero attached hydrogens (tertiary/aromatic N) is 1. The molecule has 0 spiro atoms. The summed E-state index contributed by atoms with van der Waals surface area (Å²) in [4.78, 5) is 28.5. The van der Waals surface area contributed by atoms with Crippen LogP contribution in [0, 0.1) is 12.8 Å². The van der Waals surface area contributed by atoms with E-state index >= 15 is 0 Å². The molecule has 5 nitrogen and oxygen atoms in total. The van der Waals surface area contributed by atoms with Gasteiger partial charge in [0.25, 0.3) is 5.91 Å². The van der Waals surface area contributed by atoms with Gasteiger partial charge in [0.1, 0.15) is 5.75 Å². The fourth-order valence-corrected chi connectivity index (χ4v) is 4.46. The van der Waals surface area contributed by atoms with Crippen molar-refractivity contribution in [1.29, 1.82) is 0 Å². The van der Waals surface area contributed by atoms with Gasteiger partial charge < -0.3 is 15.0 Å². The highest BCUT2D eigenvalue weighted by atomic mass is 35.5. The Morgan fingerprint density at radius 3 is 2.48 bits per heavy atom. The van der Waals surface area contributed by atoms with E-state index < -0.39 is 0 Å². The number of aryl methyl sites for hydroxylation is 1. The van der Waals surface area contributed by atoms with Gasteiger partial charge in [0.2, 0.25) is 5.91 Å². The molecule has 2 atom stereocenters.